The third kappa shape index (κ3) is 4.85. The minimum Gasteiger partial charge on any atom is -0.414 e. The van der Waals surface area contributed by atoms with E-state index in [0.717, 1.165) is 19.4 Å². The molecule has 1 aromatic rings. The average molecular weight is 325 g/mol. The molecule has 0 N–H and O–H groups in total. The molecule has 1 heterocycles. The standard InChI is InChI=1S/C17H28O2SSi/c1-17(2,3)21(4,5)18-13-14-11-12-16(19-14)20-15-9-7-6-8-10-15/h6-10,14,16H,11-13H2,1-5H3/t14-,16-/m0/s1. The van der Waals surface area contributed by atoms with Crippen molar-refractivity contribution in [3.63, 3.8) is 0 Å². The molecule has 0 unspecified atom stereocenters. The Labute approximate surface area is 134 Å². The van der Waals surface area contributed by atoms with Crippen molar-refractivity contribution in [3.8, 4) is 0 Å². The van der Waals surface area contributed by atoms with Crippen molar-refractivity contribution in [1.82, 2.24) is 0 Å². The van der Waals surface area contributed by atoms with E-state index in [-0.39, 0.29) is 16.6 Å². The summed E-state index contributed by atoms with van der Waals surface area (Å²) in [5.74, 6) is 0. The van der Waals surface area contributed by atoms with E-state index in [1.54, 1.807) is 0 Å². The van der Waals surface area contributed by atoms with Gasteiger partial charge in [-0.15, -0.1) is 0 Å². The summed E-state index contributed by atoms with van der Waals surface area (Å²) < 4.78 is 12.4. The van der Waals surface area contributed by atoms with Crippen LogP contribution in [0.15, 0.2) is 35.2 Å². The quantitative estimate of drug-likeness (QED) is 0.684. The van der Waals surface area contributed by atoms with Crippen molar-refractivity contribution in [3.05, 3.63) is 30.3 Å². The number of hydrogen-bond acceptors (Lipinski definition) is 3. The zero-order valence-corrected chi connectivity index (χ0v) is 15.7. The Bertz CT molecular complexity index is 442. The molecule has 0 bridgehead atoms. The molecular formula is C17H28O2SSi. The molecule has 0 saturated carbocycles. The van der Waals surface area contributed by atoms with Gasteiger partial charge in [-0.1, -0.05) is 50.7 Å². The summed E-state index contributed by atoms with van der Waals surface area (Å²) in [5, 5.41) is 0.268. The Morgan fingerprint density at radius 3 is 2.48 bits per heavy atom. The molecule has 1 aromatic carbocycles. The van der Waals surface area contributed by atoms with Gasteiger partial charge in [0.1, 0.15) is 5.44 Å². The maximum Gasteiger partial charge on any atom is 0.192 e. The first-order chi connectivity index (χ1) is 9.78. The maximum absolute atomic E-state index is 6.28. The van der Waals surface area contributed by atoms with Crippen LogP contribution in [0.5, 0.6) is 0 Å². The summed E-state index contributed by atoms with van der Waals surface area (Å²) in [4.78, 5) is 1.29. The fourth-order valence-electron chi connectivity index (χ4n) is 2.05. The summed E-state index contributed by atoms with van der Waals surface area (Å²) in [6, 6.07) is 10.5. The third-order valence-electron chi connectivity index (χ3n) is 4.52. The van der Waals surface area contributed by atoms with E-state index < -0.39 is 8.32 Å². The van der Waals surface area contributed by atoms with E-state index in [1.807, 2.05) is 11.8 Å². The molecule has 21 heavy (non-hydrogen) atoms. The van der Waals surface area contributed by atoms with Crippen LogP contribution >= 0.6 is 11.8 Å². The molecule has 2 nitrogen and oxygen atoms in total. The van der Waals surface area contributed by atoms with Gasteiger partial charge in [0.15, 0.2) is 8.32 Å². The molecule has 2 rings (SSSR count). The van der Waals surface area contributed by atoms with E-state index in [0.29, 0.717) is 0 Å². The molecule has 0 spiro atoms. The normalized spacial score (nSPS) is 23.5. The number of ether oxygens (including phenoxy) is 1. The van der Waals surface area contributed by atoms with Gasteiger partial charge in [-0.05, 0) is 43.1 Å². The molecule has 1 saturated heterocycles. The summed E-state index contributed by atoms with van der Waals surface area (Å²) in [5.41, 5.74) is 0.278. The summed E-state index contributed by atoms with van der Waals surface area (Å²) >= 11 is 1.83. The molecule has 1 fully saturated rings. The fourth-order valence-corrected chi connectivity index (χ4v) is 4.17. The number of rotatable bonds is 5. The Hall–Kier alpha value is -0.293. The van der Waals surface area contributed by atoms with Crippen molar-refractivity contribution >= 4 is 20.1 Å². The van der Waals surface area contributed by atoms with Crippen molar-refractivity contribution in [2.45, 2.75) is 68.2 Å². The molecular weight excluding hydrogens is 296 g/mol. The topological polar surface area (TPSA) is 18.5 Å². The van der Waals surface area contributed by atoms with Crippen LogP contribution < -0.4 is 0 Å². The third-order valence-corrected chi connectivity index (χ3v) is 10.2. The van der Waals surface area contributed by atoms with Crippen molar-refractivity contribution in [2.24, 2.45) is 0 Å². The second-order valence-electron chi connectivity index (χ2n) is 7.27. The van der Waals surface area contributed by atoms with E-state index in [4.69, 9.17) is 9.16 Å². The lowest BCUT2D eigenvalue weighted by atomic mass is 10.2. The van der Waals surface area contributed by atoms with Gasteiger partial charge in [0, 0.05) is 4.90 Å². The lowest BCUT2D eigenvalue weighted by molar-refractivity contribution is 0.0499. The molecule has 0 radical (unpaired) electrons. The first kappa shape index (κ1) is 17.1. The van der Waals surface area contributed by atoms with Gasteiger partial charge in [-0.2, -0.15) is 0 Å². The van der Waals surface area contributed by atoms with Crippen LogP contribution in [-0.2, 0) is 9.16 Å². The second-order valence-corrected chi connectivity index (χ2v) is 13.3. The van der Waals surface area contributed by atoms with Gasteiger partial charge < -0.3 is 9.16 Å². The number of hydrogen-bond donors (Lipinski definition) is 0. The number of thioether (sulfide) groups is 1. The average Bonchev–Trinajstić information content (AvgIpc) is 2.84. The predicted molar refractivity (Wildman–Crippen MR) is 93.3 cm³/mol. The van der Waals surface area contributed by atoms with Crippen LogP contribution in [0.25, 0.3) is 0 Å². The molecule has 0 aliphatic carbocycles. The Morgan fingerprint density at radius 2 is 1.86 bits per heavy atom. The minimum atomic E-state index is -1.66. The van der Waals surface area contributed by atoms with Gasteiger partial charge in [-0.25, -0.2) is 0 Å². The van der Waals surface area contributed by atoms with Gasteiger partial charge >= 0.3 is 0 Å². The van der Waals surface area contributed by atoms with E-state index >= 15 is 0 Å². The predicted octanol–water partition coefficient (Wildman–Crippen LogP) is 5.31. The summed E-state index contributed by atoms with van der Waals surface area (Å²) in [7, 11) is -1.66. The largest absolute Gasteiger partial charge is 0.414 e. The lowest BCUT2D eigenvalue weighted by Crippen LogP contribution is -2.42. The SMILES string of the molecule is CC(C)(C)[Si](C)(C)OC[C@@H]1CC[C@H](Sc2ccccc2)O1. The summed E-state index contributed by atoms with van der Waals surface area (Å²) in [6.07, 6.45) is 2.49. The highest BCUT2D eigenvalue weighted by atomic mass is 32.2. The highest BCUT2D eigenvalue weighted by Crippen LogP contribution is 2.38. The Morgan fingerprint density at radius 1 is 1.19 bits per heavy atom. The molecule has 1 aliphatic rings. The van der Waals surface area contributed by atoms with Crippen molar-refractivity contribution in [2.75, 3.05) is 6.61 Å². The smallest absolute Gasteiger partial charge is 0.192 e. The molecule has 118 valence electrons. The molecule has 0 amide bonds. The first-order valence-electron chi connectivity index (χ1n) is 7.79. The number of benzene rings is 1. The van der Waals surface area contributed by atoms with E-state index in [2.05, 4.69) is 64.2 Å². The fraction of sp³-hybridized carbons (Fsp3) is 0.647. The zero-order valence-electron chi connectivity index (χ0n) is 13.9. The van der Waals surface area contributed by atoms with Crippen molar-refractivity contribution < 1.29 is 9.16 Å². The molecule has 0 aromatic heterocycles. The second kappa shape index (κ2) is 6.86. The van der Waals surface area contributed by atoms with Crippen LogP contribution in [0, 0.1) is 0 Å². The van der Waals surface area contributed by atoms with Gasteiger partial charge in [0.2, 0.25) is 0 Å². The van der Waals surface area contributed by atoms with Crippen LogP contribution in [-0.4, -0.2) is 26.5 Å². The van der Waals surface area contributed by atoms with Crippen LogP contribution in [0.2, 0.25) is 18.1 Å². The molecule has 2 atom stereocenters. The maximum atomic E-state index is 6.28. The lowest BCUT2D eigenvalue weighted by Gasteiger charge is -2.36. The van der Waals surface area contributed by atoms with Crippen LogP contribution in [0.1, 0.15) is 33.6 Å². The Kier molecular flexibility index (Phi) is 5.58. The molecule has 4 heteroatoms. The van der Waals surface area contributed by atoms with Gasteiger partial charge in [0.05, 0.1) is 12.7 Å². The van der Waals surface area contributed by atoms with Crippen molar-refractivity contribution in [1.29, 1.82) is 0 Å². The van der Waals surface area contributed by atoms with Crippen LogP contribution in [0.3, 0.4) is 0 Å². The minimum absolute atomic E-state index is 0.264. The van der Waals surface area contributed by atoms with Gasteiger partial charge in [0.25, 0.3) is 0 Å². The summed E-state index contributed by atoms with van der Waals surface area (Å²) in [6.45, 7) is 12.2. The monoisotopic (exact) mass is 324 g/mol. The van der Waals surface area contributed by atoms with E-state index in [9.17, 15) is 0 Å². The zero-order chi connectivity index (χ0) is 15.5. The first-order valence-corrected chi connectivity index (χ1v) is 11.6. The Balaban J connectivity index is 1.78. The molecule has 1 aliphatic heterocycles. The highest BCUT2D eigenvalue weighted by molar-refractivity contribution is 7.99. The van der Waals surface area contributed by atoms with Crippen LogP contribution in [0.4, 0.5) is 0 Å². The van der Waals surface area contributed by atoms with E-state index in [1.165, 1.54) is 4.90 Å². The van der Waals surface area contributed by atoms with Gasteiger partial charge in [-0.3, -0.25) is 0 Å². The highest BCUT2D eigenvalue weighted by Gasteiger charge is 2.38.